The molecule has 37 heavy (non-hydrogen) atoms. The number of unbranched alkanes of at least 4 members (excludes halogenated alkanes) is 13. The van der Waals surface area contributed by atoms with Crippen molar-refractivity contribution in [2.45, 2.75) is 150 Å². The molecule has 0 atom stereocenters. The molecule has 0 aromatic carbocycles. The SMILES string of the molecule is CCCCCCCCOP(=O)([O-])OCCCCCCCC.CCCC[O][Ti+]([O]CCCC)[O]CCCC. The number of rotatable bonds is 28. The molecule has 0 aliphatic carbocycles. The van der Waals surface area contributed by atoms with Crippen molar-refractivity contribution in [2.24, 2.45) is 0 Å². The molecule has 0 fully saturated rings. The summed E-state index contributed by atoms with van der Waals surface area (Å²) in [7, 11) is -4.07. The van der Waals surface area contributed by atoms with Crippen molar-refractivity contribution in [1.29, 1.82) is 0 Å². The molecule has 0 saturated heterocycles. The third-order valence-corrected chi connectivity index (χ3v) is 8.71. The second kappa shape index (κ2) is 32.9. The summed E-state index contributed by atoms with van der Waals surface area (Å²) in [5.74, 6) is 0. The van der Waals surface area contributed by atoms with Crippen LogP contribution in [0.2, 0.25) is 0 Å². The molecule has 9 heteroatoms. The Kier molecular flexibility index (Phi) is 35.4. The van der Waals surface area contributed by atoms with E-state index in [0.717, 1.165) is 96.9 Å². The van der Waals surface area contributed by atoms with Crippen LogP contribution < -0.4 is 4.89 Å². The topological polar surface area (TPSA) is 86.3 Å². The van der Waals surface area contributed by atoms with E-state index in [9.17, 15) is 9.46 Å². The fourth-order valence-corrected chi connectivity index (χ4v) is 5.81. The van der Waals surface area contributed by atoms with Crippen LogP contribution in [0.4, 0.5) is 0 Å². The summed E-state index contributed by atoms with van der Waals surface area (Å²) in [6.45, 7) is 13.7. The van der Waals surface area contributed by atoms with Gasteiger partial charge in [0.15, 0.2) is 0 Å². The third kappa shape index (κ3) is 34.7. The average Bonchev–Trinajstić information content (AvgIpc) is 2.88. The summed E-state index contributed by atoms with van der Waals surface area (Å²) in [5, 5.41) is 0. The van der Waals surface area contributed by atoms with Gasteiger partial charge in [-0.1, -0.05) is 78.1 Å². The van der Waals surface area contributed by atoms with E-state index in [1.807, 2.05) is 0 Å². The van der Waals surface area contributed by atoms with Gasteiger partial charge in [0.25, 0.3) is 7.82 Å². The molecule has 224 valence electrons. The van der Waals surface area contributed by atoms with Crippen molar-refractivity contribution in [3.63, 3.8) is 0 Å². The first-order valence-corrected chi connectivity index (χ1v) is 18.7. The molecule has 0 aliphatic rings. The van der Waals surface area contributed by atoms with Crippen molar-refractivity contribution in [2.75, 3.05) is 33.0 Å². The second-order valence-electron chi connectivity index (χ2n) is 9.51. The molecule has 0 saturated carbocycles. The van der Waals surface area contributed by atoms with E-state index in [4.69, 9.17) is 19.0 Å². The molecule has 0 unspecified atom stereocenters. The standard InChI is InChI=1S/C16H35O4P.3C4H9O.Ti/c1-3-5-7-9-11-13-15-19-21(17,18)20-16-14-12-10-8-6-4-2;3*1-2-3-4-5;/h3-16H2,1-2H3,(H,17,18);3*2-4H2,1H3;/q;3*-1;+4/p-1. The molecular formula is C28H61O7PTi. The number of hydrogen-bond acceptors (Lipinski definition) is 7. The average molecular weight is 589 g/mol. The van der Waals surface area contributed by atoms with E-state index in [1.54, 1.807) is 0 Å². The maximum atomic E-state index is 11.5. The Bertz CT molecular complexity index is 426. The van der Waals surface area contributed by atoms with Crippen molar-refractivity contribution in [3.05, 3.63) is 0 Å². The Labute approximate surface area is 238 Å². The summed E-state index contributed by atoms with van der Waals surface area (Å²) in [4.78, 5) is 11.5. The first kappa shape index (κ1) is 39.8. The van der Waals surface area contributed by atoms with Crippen LogP contribution in [0.15, 0.2) is 0 Å². The van der Waals surface area contributed by atoms with E-state index in [-0.39, 0.29) is 13.2 Å². The molecule has 0 N–H and O–H groups in total. The van der Waals surface area contributed by atoms with E-state index in [1.165, 1.54) is 38.5 Å². The predicted octanol–water partition coefficient (Wildman–Crippen LogP) is 9.01. The molecule has 0 bridgehead atoms. The zero-order valence-corrected chi connectivity index (χ0v) is 27.5. The molecule has 0 aromatic heterocycles. The van der Waals surface area contributed by atoms with Gasteiger partial charge in [-0.25, -0.2) is 0 Å². The van der Waals surface area contributed by atoms with Crippen molar-refractivity contribution in [3.8, 4) is 0 Å². The zero-order valence-electron chi connectivity index (χ0n) is 25.1. The first-order chi connectivity index (χ1) is 18.0. The zero-order chi connectivity index (χ0) is 27.9. The van der Waals surface area contributed by atoms with Gasteiger partial charge in [-0.2, -0.15) is 0 Å². The molecule has 0 aromatic rings. The van der Waals surface area contributed by atoms with E-state index in [2.05, 4.69) is 34.6 Å². The number of hydrogen-bond donors (Lipinski definition) is 0. The van der Waals surface area contributed by atoms with Gasteiger partial charge in [0.2, 0.25) is 0 Å². The van der Waals surface area contributed by atoms with Crippen LogP contribution >= 0.6 is 7.82 Å². The Balaban J connectivity index is 0. The van der Waals surface area contributed by atoms with Gasteiger partial charge in [0.1, 0.15) is 0 Å². The van der Waals surface area contributed by atoms with Crippen LogP contribution in [0.5, 0.6) is 0 Å². The second-order valence-corrected chi connectivity index (χ2v) is 13.0. The van der Waals surface area contributed by atoms with Crippen LogP contribution in [-0.4, -0.2) is 33.0 Å². The molecule has 0 heterocycles. The van der Waals surface area contributed by atoms with Gasteiger partial charge in [0, 0.05) is 0 Å². The Morgan fingerprint density at radius 1 is 0.459 bits per heavy atom. The molecule has 0 rings (SSSR count). The quantitative estimate of drug-likeness (QED) is 0.0512. The molecule has 0 spiro atoms. The predicted molar refractivity (Wildman–Crippen MR) is 149 cm³/mol. The van der Waals surface area contributed by atoms with Crippen LogP contribution in [0.3, 0.4) is 0 Å². The van der Waals surface area contributed by atoms with Crippen LogP contribution in [0.25, 0.3) is 0 Å². The number of phosphoric acid groups is 1. The summed E-state index contributed by atoms with van der Waals surface area (Å²) >= 11 is -2.10. The van der Waals surface area contributed by atoms with Gasteiger partial charge < -0.3 is 13.9 Å². The van der Waals surface area contributed by atoms with Gasteiger partial charge >= 0.3 is 108 Å². The maximum absolute atomic E-state index is 11.5. The number of phosphoric ester groups is 1. The Morgan fingerprint density at radius 2 is 0.757 bits per heavy atom. The van der Waals surface area contributed by atoms with Gasteiger partial charge in [0.05, 0.1) is 13.2 Å². The van der Waals surface area contributed by atoms with Crippen molar-refractivity contribution < 1.29 is 47.5 Å². The van der Waals surface area contributed by atoms with E-state index >= 15 is 0 Å². The van der Waals surface area contributed by atoms with Gasteiger partial charge in [-0.05, 0) is 12.8 Å². The summed E-state index contributed by atoms with van der Waals surface area (Å²) in [5.41, 5.74) is 0. The van der Waals surface area contributed by atoms with Gasteiger partial charge in [-0.15, -0.1) is 0 Å². The van der Waals surface area contributed by atoms with Crippen LogP contribution in [-0.2, 0) is 42.6 Å². The third-order valence-electron chi connectivity index (χ3n) is 5.65. The van der Waals surface area contributed by atoms with E-state index in [0.29, 0.717) is 0 Å². The van der Waals surface area contributed by atoms with Crippen LogP contribution in [0, 0.1) is 0 Å². The molecular weight excluding hydrogens is 527 g/mol. The van der Waals surface area contributed by atoms with E-state index < -0.39 is 26.9 Å². The van der Waals surface area contributed by atoms with Gasteiger partial charge in [-0.3, -0.25) is 4.57 Å². The van der Waals surface area contributed by atoms with Crippen molar-refractivity contribution in [1.82, 2.24) is 0 Å². The molecule has 7 nitrogen and oxygen atoms in total. The minimum atomic E-state index is -4.07. The summed E-state index contributed by atoms with van der Waals surface area (Å²) in [6.07, 6.45) is 20.1. The summed E-state index contributed by atoms with van der Waals surface area (Å²) in [6, 6.07) is 0. The fraction of sp³-hybridized carbons (Fsp3) is 1.00. The molecule has 0 radical (unpaired) electrons. The van der Waals surface area contributed by atoms with Crippen molar-refractivity contribution >= 4 is 7.82 Å². The molecule has 0 aliphatic heterocycles. The normalized spacial score (nSPS) is 11.4. The Hall–Kier alpha value is 0.704. The van der Waals surface area contributed by atoms with Crippen LogP contribution in [0.1, 0.15) is 150 Å². The Morgan fingerprint density at radius 3 is 1.08 bits per heavy atom. The first-order valence-electron chi connectivity index (χ1n) is 15.3. The monoisotopic (exact) mass is 588 g/mol. The summed E-state index contributed by atoms with van der Waals surface area (Å²) < 4.78 is 38.3. The molecule has 0 amide bonds. The minimum absolute atomic E-state index is 0.253. The fourth-order valence-electron chi connectivity index (χ4n) is 3.18.